The highest BCUT2D eigenvalue weighted by atomic mass is 32.2. The summed E-state index contributed by atoms with van der Waals surface area (Å²) < 4.78 is 37.1. The van der Waals surface area contributed by atoms with Crippen LogP contribution in [0.25, 0.3) is 0 Å². The van der Waals surface area contributed by atoms with E-state index in [0.717, 1.165) is 11.5 Å². The van der Waals surface area contributed by atoms with E-state index < -0.39 is 10.0 Å². The Balaban J connectivity index is 2.09. The van der Waals surface area contributed by atoms with Gasteiger partial charge in [-0.2, -0.15) is 9.47 Å². The fourth-order valence-corrected chi connectivity index (χ4v) is 3.81. The zero-order valence-corrected chi connectivity index (χ0v) is 12.0. The molecular weight excluding hydrogens is 290 g/mol. The molecule has 2 aromatic rings. The van der Waals surface area contributed by atoms with Gasteiger partial charge in [0.1, 0.15) is 12.7 Å². The van der Waals surface area contributed by atoms with Crippen molar-refractivity contribution in [2.24, 2.45) is 0 Å². The number of hydrogen-bond acceptors (Lipinski definition) is 7. The molecule has 0 spiro atoms. The number of rotatable bonds is 6. The maximum absolute atomic E-state index is 12.1. The first kappa shape index (κ1) is 13.9. The molecule has 0 saturated carbocycles. The Morgan fingerprint density at radius 2 is 2.37 bits per heavy atom. The summed E-state index contributed by atoms with van der Waals surface area (Å²) in [5.74, 6) is 0.102. The average molecular weight is 303 g/mol. The molecule has 0 aromatic carbocycles. The van der Waals surface area contributed by atoms with E-state index in [1.807, 2.05) is 0 Å². The van der Waals surface area contributed by atoms with Gasteiger partial charge in [-0.1, -0.05) is 0 Å². The predicted molar refractivity (Wildman–Crippen MR) is 68.5 cm³/mol. The lowest BCUT2D eigenvalue weighted by Crippen LogP contribution is -2.35. The molecule has 0 amide bonds. The molecule has 0 aliphatic heterocycles. The summed E-state index contributed by atoms with van der Waals surface area (Å²) in [7, 11) is -2.27. The van der Waals surface area contributed by atoms with Gasteiger partial charge in [-0.15, -0.1) is 0 Å². The van der Waals surface area contributed by atoms with Crippen LogP contribution >= 0.6 is 11.5 Å². The van der Waals surface area contributed by atoms with Crippen molar-refractivity contribution < 1.29 is 13.2 Å². The zero-order valence-electron chi connectivity index (χ0n) is 10.3. The second-order valence-electron chi connectivity index (χ2n) is 3.83. The van der Waals surface area contributed by atoms with Gasteiger partial charge in [-0.25, -0.2) is 18.1 Å². The zero-order chi connectivity index (χ0) is 13.9. The molecule has 0 saturated heterocycles. The summed E-state index contributed by atoms with van der Waals surface area (Å²) >= 11 is 1.03. The molecule has 10 heteroatoms. The molecule has 1 unspecified atom stereocenters. The largest absolute Gasteiger partial charge is 0.479 e. The SMILES string of the molecule is COc1nscc1S(=O)(=O)NC(C)Cn1cncn1. The maximum atomic E-state index is 12.1. The predicted octanol–water partition coefficient (Wildman–Crippen LogP) is 0.110. The van der Waals surface area contributed by atoms with Crippen LogP contribution in [0.5, 0.6) is 5.88 Å². The summed E-state index contributed by atoms with van der Waals surface area (Å²) in [5, 5.41) is 5.35. The third-order valence-corrected chi connectivity index (χ3v) is 4.62. The van der Waals surface area contributed by atoms with E-state index in [2.05, 4.69) is 19.2 Å². The highest BCUT2D eigenvalue weighted by Gasteiger charge is 2.24. The highest BCUT2D eigenvalue weighted by Crippen LogP contribution is 2.23. The van der Waals surface area contributed by atoms with Crippen molar-refractivity contribution in [2.75, 3.05) is 7.11 Å². The monoisotopic (exact) mass is 303 g/mol. The second-order valence-corrected chi connectivity index (χ2v) is 6.14. The van der Waals surface area contributed by atoms with Crippen molar-refractivity contribution in [3.05, 3.63) is 18.0 Å². The minimum absolute atomic E-state index is 0.0467. The van der Waals surface area contributed by atoms with Crippen LogP contribution in [0.1, 0.15) is 6.92 Å². The van der Waals surface area contributed by atoms with Crippen LogP contribution in [0.2, 0.25) is 0 Å². The molecule has 0 aliphatic rings. The first-order valence-corrected chi connectivity index (χ1v) is 7.68. The summed E-state index contributed by atoms with van der Waals surface area (Å²) in [4.78, 5) is 3.84. The van der Waals surface area contributed by atoms with Gasteiger partial charge in [0.25, 0.3) is 0 Å². The number of nitrogens with one attached hydrogen (secondary N) is 1. The van der Waals surface area contributed by atoms with Crippen LogP contribution in [0.3, 0.4) is 0 Å². The van der Waals surface area contributed by atoms with Crippen LogP contribution in [-0.4, -0.2) is 40.7 Å². The number of aromatic nitrogens is 4. The molecule has 1 atom stereocenters. The molecule has 8 nitrogen and oxygen atoms in total. The molecular formula is C9H13N5O3S2. The van der Waals surface area contributed by atoms with Crippen LogP contribution in [-0.2, 0) is 16.6 Å². The molecule has 0 bridgehead atoms. The average Bonchev–Trinajstić information content (AvgIpc) is 2.97. The molecule has 1 N–H and O–H groups in total. The van der Waals surface area contributed by atoms with Gasteiger partial charge in [-0.3, -0.25) is 4.68 Å². The van der Waals surface area contributed by atoms with E-state index in [1.54, 1.807) is 11.6 Å². The quantitative estimate of drug-likeness (QED) is 0.813. The van der Waals surface area contributed by atoms with Crippen LogP contribution in [0.15, 0.2) is 22.9 Å². The molecule has 104 valence electrons. The smallest absolute Gasteiger partial charge is 0.247 e. The third kappa shape index (κ3) is 3.28. The van der Waals surface area contributed by atoms with Gasteiger partial charge in [0.2, 0.25) is 15.9 Å². The Morgan fingerprint density at radius 3 is 3.00 bits per heavy atom. The minimum Gasteiger partial charge on any atom is -0.479 e. The van der Waals surface area contributed by atoms with Gasteiger partial charge >= 0.3 is 0 Å². The maximum Gasteiger partial charge on any atom is 0.247 e. The van der Waals surface area contributed by atoms with Crippen LogP contribution < -0.4 is 9.46 Å². The van der Waals surface area contributed by atoms with E-state index in [1.165, 1.54) is 25.1 Å². The molecule has 2 aromatic heterocycles. The normalized spacial score (nSPS) is 13.4. The number of sulfonamides is 1. The summed E-state index contributed by atoms with van der Waals surface area (Å²) in [5.41, 5.74) is 0. The van der Waals surface area contributed by atoms with Crippen molar-refractivity contribution in [1.82, 2.24) is 23.9 Å². The molecule has 19 heavy (non-hydrogen) atoms. The van der Waals surface area contributed by atoms with Gasteiger partial charge in [0.15, 0.2) is 4.90 Å². The van der Waals surface area contributed by atoms with Crippen molar-refractivity contribution in [3.63, 3.8) is 0 Å². The van der Waals surface area contributed by atoms with Gasteiger partial charge < -0.3 is 4.74 Å². The molecule has 2 rings (SSSR count). The van der Waals surface area contributed by atoms with Crippen molar-refractivity contribution >= 4 is 21.6 Å². The molecule has 0 fully saturated rings. The highest BCUT2D eigenvalue weighted by molar-refractivity contribution is 7.89. The lowest BCUT2D eigenvalue weighted by Gasteiger charge is -2.13. The van der Waals surface area contributed by atoms with Gasteiger partial charge in [-0.05, 0) is 18.5 Å². The van der Waals surface area contributed by atoms with E-state index in [0.29, 0.717) is 6.54 Å². The van der Waals surface area contributed by atoms with Crippen molar-refractivity contribution in [2.45, 2.75) is 24.4 Å². The Hall–Kier alpha value is -1.52. The Morgan fingerprint density at radius 1 is 1.58 bits per heavy atom. The van der Waals surface area contributed by atoms with E-state index in [-0.39, 0.29) is 16.8 Å². The Labute approximate surface area is 114 Å². The summed E-state index contributed by atoms with van der Waals surface area (Å²) in [6, 6.07) is -0.337. The lowest BCUT2D eigenvalue weighted by molar-refractivity contribution is 0.390. The van der Waals surface area contributed by atoms with Crippen LogP contribution in [0.4, 0.5) is 0 Å². The molecule has 2 heterocycles. The van der Waals surface area contributed by atoms with E-state index in [9.17, 15) is 8.42 Å². The number of methoxy groups -OCH3 is 1. The standard InChI is InChI=1S/C9H13N5O3S2/c1-7(3-14-6-10-5-11-14)13-19(15,16)8-4-18-12-9(8)17-2/h4-7,13H,3H2,1-2H3. The first-order chi connectivity index (χ1) is 9.03. The number of nitrogens with zero attached hydrogens (tertiary/aromatic N) is 4. The minimum atomic E-state index is -3.65. The number of hydrogen-bond donors (Lipinski definition) is 1. The number of ether oxygens (including phenoxy) is 1. The topological polar surface area (TPSA) is 99.0 Å². The Bertz CT molecular complexity index is 622. The van der Waals surface area contributed by atoms with E-state index in [4.69, 9.17) is 4.74 Å². The van der Waals surface area contributed by atoms with Crippen molar-refractivity contribution in [3.8, 4) is 5.88 Å². The first-order valence-electron chi connectivity index (χ1n) is 5.36. The fraction of sp³-hybridized carbons (Fsp3) is 0.444. The van der Waals surface area contributed by atoms with Gasteiger partial charge in [0.05, 0.1) is 13.7 Å². The molecule has 0 aliphatic carbocycles. The van der Waals surface area contributed by atoms with Crippen LogP contribution in [0, 0.1) is 0 Å². The second kappa shape index (κ2) is 5.63. The summed E-state index contributed by atoms with van der Waals surface area (Å²) in [6.07, 6.45) is 2.92. The molecule has 0 radical (unpaired) electrons. The van der Waals surface area contributed by atoms with Crippen molar-refractivity contribution in [1.29, 1.82) is 0 Å². The van der Waals surface area contributed by atoms with Gasteiger partial charge in [0, 0.05) is 11.4 Å². The third-order valence-electron chi connectivity index (χ3n) is 2.27. The Kier molecular flexibility index (Phi) is 4.12. The lowest BCUT2D eigenvalue weighted by atomic mass is 10.4. The summed E-state index contributed by atoms with van der Waals surface area (Å²) in [6.45, 7) is 2.13. The van der Waals surface area contributed by atoms with E-state index >= 15 is 0 Å². The fourth-order valence-electron chi connectivity index (χ4n) is 1.51.